The number of nitrogens with zero attached hydrogens (tertiary/aromatic N) is 1. The van der Waals surface area contributed by atoms with E-state index in [0.717, 1.165) is 29.1 Å². The molecule has 3 heteroatoms. The highest BCUT2D eigenvalue weighted by molar-refractivity contribution is 5.77. The molecule has 1 heterocycles. The molecule has 2 rings (SSSR count). The van der Waals surface area contributed by atoms with Gasteiger partial charge in [-0.25, -0.2) is 4.98 Å². The number of anilines is 1. The molecule has 1 atom stereocenters. The summed E-state index contributed by atoms with van der Waals surface area (Å²) in [4.78, 5) is 4.49. The summed E-state index contributed by atoms with van der Waals surface area (Å²) in [5.41, 5.74) is 2.97. The predicted octanol–water partition coefficient (Wildman–Crippen LogP) is 5.55. The van der Waals surface area contributed by atoms with Gasteiger partial charge < -0.3 is 9.73 Å². The Labute approximate surface area is 128 Å². The molecule has 1 aromatic heterocycles. The molecular weight excluding hydrogens is 260 g/mol. The Kier molecular flexibility index (Phi) is 6.09. The first-order valence-corrected chi connectivity index (χ1v) is 8.39. The van der Waals surface area contributed by atoms with Crippen LogP contribution in [0.5, 0.6) is 0 Å². The number of hydrogen-bond donors (Lipinski definition) is 1. The van der Waals surface area contributed by atoms with Crippen LogP contribution < -0.4 is 5.32 Å². The Morgan fingerprint density at radius 2 is 1.95 bits per heavy atom. The van der Waals surface area contributed by atoms with Crippen molar-refractivity contribution in [2.75, 3.05) is 5.32 Å². The smallest absolute Gasteiger partial charge is 0.195 e. The average molecular weight is 288 g/mol. The predicted molar refractivity (Wildman–Crippen MR) is 89.8 cm³/mol. The van der Waals surface area contributed by atoms with Crippen molar-refractivity contribution in [2.24, 2.45) is 0 Å². The molecule has 0 fully saturated rings. The van der Waals surface area contributed by atoms with Gasteiger partial charge in [-0.15, -0.1) is 0 Å². The largest absolute Gasteiger partial charge is 0.441 e. The van der Waals surface area contributed by atoms with Crippen LogP contribution in [0, 0.1) is 0 Å². The van der Waals surface area contributed by atoms with Crippen LogP contribution in [-0.2, 0) is 6.42 Å². The second-order valence-corrected chi connectivity index (χ2v) is 5.89. The molecule has 0 saturated heterocycles. The highest BCUT2D eigenvalue weighted by Crippen LogP contribution is 2.21. The average Bonchev–Trinajstić information content (AvgIpc) is 2.89. The van der Waals surface area contributed by atoms with Gasteiger partial charge in [-0.1, -0.05) is 46.0 Å². The Bertz CT molecular complexity index is 547. The lowest BCUT2D eigenvalue weighted by atomic mass is 10.1. The Morgan fingerprint density at radius 3 is 2.71 bits per heavy atom. The van der Waals surface area contributed by atoms with Crippen molar-refractivity contribution in [3.8, 4) is 0 Å². The highest BCUT2D eigenvalue weighted by Gasteiger charge is 2.07. The van der Waals surface area contributed by atoms with Gasteiger partial charge in [0.25, 0.3) is 0 Å². The van der Waals surface area contributed by atoms with Crippen molar-refractivity contribution in [3.05, 3.63) is 24.1 Å². The molecule has 0 saturated carbocycles. The number of rotatable bonds is 9. The van der Waals surface area contributed by atoms with Gasteiger partial charge in [0.15, 0.2) is 11.5 Å². The maximum atomic E-state index is 5.64. The van der Waals surface area contributed by atoms with E-state index in [1.54, 1.807) is 0 Å². The van der Waals surface area contributed by atoms with Gasteiger partial charge in [0.1, 0.15) is 5.52 Å². The summed E-state index contributed by atoms with van der Waals surface area (Å²) in [5, 5.41) is 3.57. The van der Waals surface area contributed by atoms with E-state index >= 15 is 0 Å². The number of fused-ring (bicyclic) bond motifs is 1. The molecular formula is C18H28N2O. The lowest BCUT2D eigenvalue weighted by Gasteiger charge is -2.15. The summed E-state index contributed by atoms with van der Waals surface area (Å²) in [6.07, 6.45) is 8.76. The van der Waals surface area contributed by atoms with Crippen molar-refractivity contribution in [3.63, 3.8) is 0 Å². The Balaban J connectivity index is 1.84. The van der Waals surface area contributed by atoms with Crippen molar-refractivity contribution >= 4 is 16.8 Å². The summed E-state index contributed by atoms with van der Waals surface area (Å²) < 4.78 is 5.64. The molecule has 0 spiro atoms. The van der Waals surface area contributed by atoms with E-state index in [0.29, 0.717) is 6.04 Å². The molecule has 0 radical (unpaired) electrons. The number of oxazole rings is 1. The van der Waals surface area contributed by atoms with Crippen LogP contribution in [0.4, 0.5) is 5.69 Å². The van der Waals surface area contributed by atoms with Crippen molar-refractivity contribution in [2.45, 2.75) is 71.8 Å². The molecule has 0 aliphatic rings. The first-order chi connectivity index (χ1) is 10.2. The van der Waals surface area contributed by atoms with Gasteiger partial charge in [-0.2, -0.15) is 0 Å². The summed E-state index contributed by atoms with van der Waals surface area (Å²) >= 11 is 0. The normalized spacial score (nSPS) is 12.7. The molecule has 0 bridgehead atoms. The number of benzene rings is 1. The lowest BCUT2D eigenvalue weighted by molar-refractivity contribution is 0.538. The maximum absolute atomic E-state index is 5.64. The zero-order chi connectivity index (χ0) is 15.1. The van der Waals surface area contributed by atoms with Gasteiger partial charge in [-0.05, 0) is 31.5 Å². The third-order valence-electron chi connectivity index (χ3n) is 3.89. The summed E-state index contributed by atoms with van der Waals surface area (Å²) in [6.45, 7) is 6.57. The summed E-state index contributed by atoms with van der Waals surface area (Å²) in [6, 6.07) is 6.69. The van der Waals surface area contributed by atoms with Crippen LogP contribution in [0.15, 0.2) is 22.6 Å². The quantitative estimate of drug-likeness (QED) is 0.615. The maximum Gasteiger partial charge on any atom is 0.195 e. The molecule has 1 aromatic carbocycles. The Hall–Kier alpha value is -1.51. The van der Waals surface area contributed by atoms with E-state index in [-0.39, 0.29) is 0 Å². The fourth-order valence-corrected chi connectivity index (χ4v) is 2.63. The lowest BCUT2D eigenvalue weighted by Crippen LogP contribution is -2.14. The summed E-state index contributed by atoms with van der Waals surface area (Å²) in [5.74, 6) is 0.811. The molecule has 3 nitrogen and oxygen atoms in total. The van der Waals surface area contributed by atoms with Crippen LogP contribution >= 0.6 is 0 Å². The zero-order valence-electron chi connectivity index (χ0n) is 13.6. The summed E-state index contributed by atoms with van der Waals surface area (Å²) in [7, 11) is 0. The number of aryl methyl sites for hydroxylation is 1. The zero-order valence-corrected chi connectivity index (χ0v) is 13.6. The molecule has 0 aliphatic carbocycles. The van der Waals surface area contributed by atoms with E-state index in [2.05, 4.69) is 43.2 Å². The molecule has 1 N–H and O–H groups in total. The number of aromatic nitrogens is 1. The van der Waals surface area contributed by atoms with Crippen molar-refractivity contribution < 1.29 is 4.42 Å². The third-order valence-corrected chi connectivity index (χ3v) is 3.89. The van der Waals surface area contributed by atoms with Gasteiger partial charge in [0.05, 0.1) is 0 Å². The fourth-order valence-electron chi connectivity index (χ4n) is 2.63. The second-order valence-electron chi connectivity index (χ2n) is 5.89. The molecule has 2 aromatic rings. The van der Waals surface area contributed by atoms with Crippen LogP contribution in [0.3, 0.4) is 0 Å². The van der Waals surface area contributed by atoms with E-state index in [4.69, 9.17) is 4.42 Å². The minimum atomic E-state index is 0.502. The van der Waals surface area contributed by atoms with E-state index < -0.39 is 0 Å². The van der Waals surface area contributed by atoms with E-state index in [1.807, 2.05) is 6.07 Å². The topological polar surface area (TPSA) is 38.1 Å². The van der Waals surface area contributed by atoms with Crippen LogP contribution in [-0.4, -0.2) is 11.0 Å². The van der Waals surface area contributed by atoms with Gasteiger partial charge in [0, 0.05) is 18.2 Å². The molecule has 0 aliphatic heterocycles. The molecule has 116 valence electrons. The molecule has 21 heavy (non-hydrogen) atoms. The number of hydrogen-bond acceptors (Lipinski definition) is 3. The second kappa shape index (κ2) is 8.06. The monoisotopic (exact) mass is 288 g/mol. The minimum absolute atomic E-state index is 0.502. The van der Waals surface area contributed by atoms with Crippen molar-refractivity contribution in [1.29, 1.82) is 0 Å². The van der Waals surface area contributed by atoms with E-state index in [9.17, 15) is 0 Å². The first-order valence-electron chi connectivity index (χ1n) is 8.39. The van der Waals surface area contributed by atoms with Gasteiger partial charge in [0.2, 0.25) is 0 Å². The number of unbranched alkanes of at least 4 members (excludes halogenated alkanes) is 4. The SMILES string of the molecule is CCCCCCCC(C)Nc1ccc2oc(CC)nc2c1. The first kappa shape index (κ1) is 15.9. The van der Waals surface area contributed by atoms with Gasteiger partial charge in [-0.3, -0.25) is 0 Å². The molecule has 0 amide bonds. The van der Waals surface area contributed by atoms with Crippen LogP contribution in [0.25, 0.3) is 11.1 Å². The minimum Gasteiger partial charge on any atom is -0.441 e. The number of nitrogens with one attached hydrogen (secondary N) is 1. The van der Waals surface area contributed by atoms with Gasteiger partial charge >= 0.3 is 0 Å². The highest BCUT2D eigenvalue weighted by atomic mass is 16.3. The third kappa shape index (κ3) is 4.76. The van der Waals surface area contributed by atoms with Crippen molar-refractivity contribution in [1.82, 2.24) is 4.98 Å². The fraction of sp³-hybridized carbons (Fsp3) is 0.611. The van der Waals surface area contributed by atoms with E-state index in [1.165, 1.54) is 38.5 Å². The standard InChI is InChI=1S/C18H28N2O/c1-4-6-7-8-9-10-14(3)19-15-11-12-17-16(13-15)20-18(5-2)21-17/h11-14,19H,4-10H2,1-3H3. The van der Waals surface area contributed by atoms with Crippen LogP contribution in [0.1, 0.15) is 65.2 Å². The van der Waals surface area contributed by atoms with Crippen LogP contribution in [0.2, 0.25) is 0 Å². The Morgan fingerprint density at radius 1 is 1.14 bits per heavy atom. The molecule has 1 unspecified atom stereocenters.